The highest BCUT2D eigenvalue weighted by Crippen LogP contribution is 2.19. The van der Waals surface area contributed by atoms with E-state index in [1.165, 1.54) is 0 Å². The summed E-state index contributed by atoms with van der Waals surface area (Å²) in [5.41, 5.74) is 5.12. The fourth-order valence-electron chi connectivity index (χ4n) is 2.01. The van der Waals surface area contributed by atoms with Gasteiger partial charge in [-0.2, -0.15) is 0 Å². The third kappa shape index (κ3) is 5.03. The summed E-state index contributed by atoms with van der Waals surface area (Å²) in [4.78, 5) is 34.3. The maximum absolute atomic E-state index is 11.6. The molecule has 4 N–H and O–H groups in total. The second-order valence-electron chi connectivity index (χ2n) is 4.48. The zero-order valence-electron chi connectivity index (χ0n) is 10.2. The van der Waals surface area contributed by atoms with Crippen molar-refractivity contribution in [3.63, 3.8) is 0 Å². The Labute approximate surface area is 105 Å². The van der Waals surface area contributed by atoms with Crippen molar-refractivity contribution >= 4 is 17.9 Å². The number of piperidine rings is 1. The Kier molecular flexibility index (Phi) is 5.41. The molecule has 1 saturated heterocycles. The van der Waals surface area contributed by atoms with E-state index in [9.17, 15) is 14.4 Å². The number of nitrogens with one attached hydrogen (secondary N) is 1. The van der Waals surface area contributed by atoms with Crippen LogP contribution in [0.5, 0.6) is 0 Å². The van der Waals surface area contributed by atoms with E-state index in [1.807, 2.05) is 0 Å². The lowest BCUT2D eigenvalue weighted by Crippen LogP contribution is -2.45. The number of hydrogen-bond acceptors (Lipinski definition) is 3. The summed E-state index contributed by atoms with van der Waals surface area (Å²) in [6.45, 7) is 1.29. The number of urea groups is 1. The molecule has 1 heterocycles. The molecule has 0 unspecified atom stereocenters. The molecular formula is C11H19N3O4. The molecule has 1 aliphatic rings. The van der Waals surface area contributed by atoms with E-state index >= 15 is 0 Å². The molecule has 0 aliphatic carbocycles. The summed E-state index contributed by atoms with van der Waals surface area (Å²) in [6.07, 6.45) is 1.81. The van der Waals surface area contributed by atoms with Gasteiger partial charge in [0.15, 0.2) is 0 Å². The van der Waals surface area contributed by atoms with Crippen LogP contribution in [0.4, 0.5) is 4.79 Å². The minimum atomic E-state index is -0.935. The first kappa shape index (κ1) is 14.3. The number of aliphatic carboxylic acids is 1. The van der Waals surface area contributed by atoms with Crippen LogP contribution in [-0.4, -0.2) is 47.5 Å². The minimum Gasteiger partial charge on any atom is -0.481 e. The van der Waals surface area contributed by atoms with E-state index < -0.39 is 5.97 Å². The first-order chi connectivity index (χ1) is 8.49. The average molecular weight is 257 g/mol. The Morgan fingerprint density at radius 2 is 1.89 bits per heavy atom. The molecule has 1 fully saturated rings. The van der Waals surface area contributed by atoms with Gasteiger partial charge in [0.1, 0.15) is 0 Å². The van der Waals surface area contributed by atoms with Gasteiger partial charge in [-0.3, -0.25) is 9.59 Å². The van der Waals surface area contributed by atoms with E-state index in [1.54, 1.807) is 4.90 Å². The van der Waals surface area contributed by atoms with E-state index in [2.05, 4.69) is 5.32 Å². The summed E-state index contributed by atoms with van der Waals surface area (Å²) < 4.78 is 0. The van der Waals surface area contributed by atoms with Crippen LogP contribution >= 0.6 is 0 Å². The Bertz CT molecular complexity index is 324. The van der Waals surface area contributed by atoms with Crippen molar-refractivity contribution in [3.8, 4) is 0 Å². The fourth-order valence-corrected chi connectivity index (χ4v) is 2.01. The topological polar surface area (TPSA) is 113 Å². The number of amides is 3. The second-order valence-corrected chi connectivity index (χ2v) is 4.48. The lowest BCUT2D eigenvalue weighted by atomic mass is 9.93. The van der Waals surface area contributed by atoms with Gasteiger partial charge in [-0.15, -0.1) is 0 Å². The van der Waals surface area contributed by atoms with Crippen LogP contribution in [0, 0.1) is 5.92 Å². The number of carbonyl (C=O) groups is 3. The standard InChI is InChI=1S/C11H19N3O4/c12-9(15)7-8-2-5-14(6-3-8)11(18)13-4-1-10(16)17/h8H,1-7H2,(H2,12,15)(H,13,18)(H,16,17). The molecule has 0 aromatic heterocycles. The van der Waals surface area contributed by atoms with Gasteiger partial charge in [-0.25, -0.2) is 4.79 Å². The zero-order valence-corrected chi connectivity index (χ0v) is 10.2. The summed E-state index contributed by atoms with van der Waals surface area (Å²) in [5, 5.41) is 11.0. The number of carboxylic acid groups (broad SMARTS) is 1. The van der Waals surface area contributed by atoms with Crippen LogP contribution in [0.2, 0.25) is 0 Å². The van der Waals surface area contributed by atoms with Crippen molar-refractivity contribution in [1.29, 1.82) is 0 Å². The molecule has 0 aromatic carbocycles. The van der Waals surface area contributed by atoms with Crippen molar-refractivity contribution in [2.75, 3.05) is 19.6 Å². The molecule has 1 rings (SSSR count). The normalized spacial score (nSPS) is 16.3. The van der Waals surface area contributed by atoms with E-state index in [-0.39, 0.29) is 30.8 Å². The number of primary amides is 1. The molecule has 18 heavy (non-hydrogen) atoms. The highest BCUT2D eigenvalue weighted by molar-refractivity contribution is 5.75. The first-order valence-electron chi connectivity index (χ1n) is 6.02. The second kappa shape index (κ2) is 6.83. The molecule has 102 valence electrons. The Morgan fingerprint density at radius 1 is 1.28 bits per heavy atom. The molecule has 0 saturated carbocycles. The largest absolute Gasteiger partial charge is 0.481 e. The molecule has 0 aromatic rings. The van der Waals surface area contributed by atoms with Crippen molar-refractivity contribution in [2.45, 2.75) is 25.7 Å². The number of carboxylic acids is 1. The van der Waals surface area contributed by atoms with Crippen molar-refractivity contribution in [2.24, 2.45) is 11.7 Å². The Hall–Kier alpha value is -1.79. The van der Waals surface area contributed by atoms with Gasteiger partial charge in [-0.1, -0.05) is 0 Å². The summed E-state index contributed by atoms with van der Waals surface area (Å²) in [6, 6.07) is -0.242. The van der Waals surface area contributed by atoms with Crippen molar-refractivity contribution < 1.29 is 19.5 Å². The van der Waals surface area contributed by atoms with Gasteiger partial charge in [0.05, 0.1) is 6.42 Å². The molecule has 0 radical (unpaired) electrons. The monoisotopic (exact) mass is 257 g/mol. The van der Waals surface area contributed by atoms with Gasteiger partial charge >= 0.3 is 12.0 Å². The summed E-state index contributed by atoms with van der Waals surface area (Å²) in [7, 11) is 0. The minimum absolute atomic E-state index is 0.0795. The smallest absolute Gasteiger partial charge is 0.317 e. The number of likely N-dealkylation sites (tertiary alicyclic amines) is 1. The Morgan fingerprint density at radius 3 is 2.39 bits per heavy atom. The maximum atomic E-state index is 11.6. The number of carbonyl (C=O) groups excluding carboxylic acids is 2. The van der Waals surface area contributed by atoms with Crippen LogP contribution in [0.1, 0.15) is 25.7 Å². The predicted molar refractivity (Wildman–Crippen MR) is 63.8 cm³/mol. The van der Waals surface area contributed by atoms with Gasteiger partial charge in [0.2, 0.25) is 5.91 Å². The third-order valence-electron chi connectivity index (χ3n) is 3.01. The van der Waals surface area contributed by atoms with Crippen LogP contribution in [0.25, 0.3) is 0 Å². The van der Waals surface area contributed by atoms with E-state index in [4.69, 9.17) is 10.8 Å². The molecule has 7 heteroatoms. The predicted octanol–water partition coefficient (Wildman–Crippen LogP) is -0.242. The average Bonchev–Trinajstić information content (AvgIpc) is 2.28. The van der Waals surface area contributed by atoms with Gasteiger partial charge < -0.3 is 21.1 Å². The molecule has 0 bridgehead atoms. The first-order valence-corrected chi connectivity index (χ1v) is 6.02. The summed E-state index contributed by atoms with van der Waals surface area (Å²) >= 11 is 0. The van der Waals surface area contributed by atoms with Gasteiger partial charge in [0, 0.05) is 26.1 Å². The highest BCUT2D eigenvalue weighted by Gasteiger charge is 2.23. The Balaban J connectivity index is 2.23. The highest BCUT2D eigenvalue weighted by atomic mass is 16.4. The number of rotatable bonds is 5. The lowest BCUT2D eigenvalue weighted by molar-refractivity contribution is -0.136. The zero-order chi connectivity index (χ0) is 13.5. The SMILES string of the molecule is NC(=O)CC1CCN(C(=O)NCCC(=O)O)CC1. The molecule has 0 atom stereocenters. The molecule has 1 aliphatic heterocycles. The van der Waals surface area contributed by atoms with Crippen LogP contribution in [0.3, 0.4) is 0 Å². The maximum Gasteiger partial charge on any atom is 0.317 e. The van der Waals surface area contributed by atoms with Crippen LogP contribution < -0.4 is 11.1 Å². The van der Waals surface area contributed by atoms with E-state index in [0.717, 1.165) is 12.8 Å². The van der Waals surface area contributed by atoms with Gasteiger partial charge in [-0.05, 0) is 18.8 Å². The van der Waals surface area contributed by atoms with Crippen LogP contribution in [-0.2, 0) is 9.59 Å². The molecule has 3 amide bonds. The molecule has 0 spiro atoms. The van der Waals surface area contributed by atoms with Gasteiger partial charge in [0.25, 0.3) is 0 Å². The molecular weight excluding hydrogens is 238 g/mol. The quantitative estimate of drug-likeness (QED) is 0.630. The van der Waals surface area contributed by atoms with E-state index in [0.29, 0.717) is 19.5 Å². The van der Waals surface area contributed by atoms with Crippen LogP contribution in [0.15, 0.2) is 0 Å². The fraction of sp³-hybridized carbons (Fsp3) is 0.727. The van der Waals surface area contributed by atoms with Crippen molar-refractivity contribution in [3.05, 3.63) is 0 Å². The lowest BCUT2D eigenvalue weighted by Gasteiger charge is -2.31. The third-order valence-corrected chi connectivity index (χ3v) is 3.01. The number of hydrogen-bond donors (Lipinski definition) is 3. The molecule has 7 nitrogen and oxygen atoms in total. The van der Waals surface area contributed by atoms with Crippen molar-refractivity contribution in [1.82, 2.24) is 10.2 Å². The number of nitrogens with two attached hydrogens (primary N) is 1. The summed E-state index contributed by atoms with van der Waals surface area (Å²) in [5.74, 6) is -0.986. The number of nitrogens with zero attached hydrogens (tertiary/aromatic N) is 1.